The number of carbonyl (C=O) groups excluding carboxylic acids is 1. The number of ether oxygens (including phenoxy) is 3. The van der Waals surface area contributed by atoms with Crippen molar-refractivity contribution in [1.29, 1.82) is 0 Å². The summed E-state index contributed by atoms with van der Waals surface area (Å²) < 4.78 is 28.7. The van der Waals surface area contributed by atoms with Gasteiger partial charge in [-0.2, -0.15) is 0 Å². The van der Waals surface area contributed by atoms with E-state index in [4.69, 9.17) is 14.2 Å². The summed E-state index contributed by atoms with van der Waals surface area (Å²) in [6.07, 6.45) is 0. The molecule has 18 heavy (non-hydrogen) atoms. The van der Waals surface area contributed by atoms with Crippen molar-refractivity contribution >= 4 is 5.97 Å². The van der Waals surface area contributed by atoms with E-state index in [1.54, 1.807) is 13.0 Å². The first-order valence-electron chi connectivity index (χ1n) is 5.73. The van der Waals surface area contributed by atoms with E-state index in [0.29, 0.717) is 12.2 Å². The smallest absolute Gasteiger partial charge is 0.321 e. The molecule has 1 aromatic carbocycles. The summed E-state index contributed by atoms with van der Waals surface area (Å²) in [7, 11) is 1.31. The zero-order valence-corrected chi connectivity index (χ0v) is 10.4. The summed E-state index contributed by atoms with van der Waals surface area (Å²) in [6.45, 7) is 2.60. The number of hydrogen-bond acceptors (Lipinski definition) is 4. The van der Waals surface area contributed by atoms with Crippen LogP contribution in [-0.4, -0.2) is 32.9 Å². The van der Waals surface area contributed by atoms with Crippen LogP contribution < -0.4 is 4.74 Å². The monoisotopic (exact) mass is 254 g/mol. The predicted molar refractivity (Wildman–Crippen MR) is 62.1 cm³/mol. The fourth-order valence-corrected chi connectivity index (χ4v) is 1.97. The second kappa shape index (κ2) is 4.94. The van der Waals surface area contributed by atoms with Gasteiger partial charge >= 0.3 is 5.97 Å². The highest BCUT2D eigenvalue weighted by molar-refractivity contribution is 5.84. The highest BCUT2D eigenvalue weighted by Gasteiger charge is 2.49. The highest BCUT2D eigenvalue weighted by Crippen LogP contribution is 2.35. The SMILES string of the molecule is CCOc1ccc(C2(C(=O)OC)COC2)cc1F. The maximum Gasteiger partial charge on any atom is 0.321 e. The van der Waals surface area contributed by atoms with Crippen LogP contribution in [0.25, 0.3) is 0 Å². The summed E-state index contributed by atoms with van der Waals surface area (Å²) in [5.74, 6) is -0.705. The van der Waals surface area contributed by atoms with Crippen molar-refractivity contribution in [3.63, 3.8) is 0 Å². The molecule has 1 heterocycles. The average Bonchev–Trinajstić information content (AvgIpc) is 2.31. The van der Waals surface area contributed by atoms with E-state index in [1.165, 1.54) is 19.2 Å². The molecule has 0 unspecified atom stereocenters. The normalized spacial score (nSPS) is 16.8. The third kappa shape index (κ3) is 1.95. The molecule has 0 radical (unpaired) electrons. The number of esters is 1. The van der Waals surface area contributed by atoms with Gasteiger partial charge < -0.3 is 14.2 Å². The molecule has 2 rings (SSSR count). The van der Waals surface area contributed by atoms with E-state index in [1.807, 2.05) is 0 Å². The van der Waals surface area contributed by atoms with Gasteiger partial charge in [-0.15, -0.1) is 0 Å². The molecule has 0 amide bonds. The molecule has 0 spiro atoms. The molecule has 1 aliphatic heterocycles. The van der Waals surface area contributed by atoms with Crippen molar-refractivity contribution in [3.05, 3.63) is 29.6 Å². The maximum absolute atomic E-state index is 13.8. The Morgan fingerprint density at radius 3 is 2.67 bits per heavy atom. The lowest BCUT2D eigenvalue weighted by molar-refractivity contribution is -0.166. The number of halogens is 1. The zero-order chi connectivity index (χ0) is 13.2. The Morgan fingerprint density at radius 1 is 1.50 bits per heavy atom. The second-order valence-corrected chi connectivity index (χ2v) is 4.14. The van der Waals surface area contributed by atoms with Gasteiger partial charge in [0, 0.05) is 0 Å². The number of rotatable bonds is 4. The maximum atomic E-state index is 13.8. The van der Waals surface area contributed by atoms with Crippen LogP contribution >= 0.6 is 0 Å². The van der Waals surface area contributed by atoms with Crippen LogP contribution in [0.15, 0.2) is 18.2 Å². The van der Waals surface area contributed by atoms with E-state index in [-0.39, 0.29) is 19.0 Å². The summed E-state index contributed by atoms with van der Waals surface area (Å²) >= 11 is 0. The van der Waals surface area contributed by atoms with Gasteiger partial charge in [-0.1, -0.05) is 6.07 Å². The molecule has 98 valence electrons. The van der Waals surface area contributed by atoms with Crippen molar-refractivity contribution in [2.45, 2.75) is 12.3 Å². The van der Waals surface area contributed by atoms with Crippen LogP contribution in [0.4, 0.5) is 4.39 Å². The molecule has 0 bridgehead atoms. The first kappa shape index (κ1) is 12.8. The third-order valence-electron chi connectivity index (χ3n) is 3.06. The fraction of sp³-hybridized carbons (Fsp3) is 0.462. The standard InChI is InChI=1S/C13H15FO4/c1-3-18-11-5-4-9(6-10(11)14)13(7-17-8-13)12(15)16-2/h4-6H,3,7-8H2,1-2H3. The summed E-state index contributed by atoms with van der Waals surface area (Å²) in [6, 6.07) is 4.51. The largest absolute Gasteiger partial charge is 0.491 e. The van der Waals surface area contributed by atoms with Crippen molar-refractivity contribution in [2.24, 2.45) is 0 Å². The van der Waals surface area contributed by atoms with Crippen LogP contribution in [0, 0.1) is 5.82 Å². The Hall–Kier alpha value is -1.62. The predicted octanol–water partition coefficient (Wildman–Crippen LogP) is 1.67. The molecular weight excluding hydrogens is 239 g/mol. The number of methoxy groups -OCH3 is 1. The molecule has 0 N–H and O–H groups in total. The first-order valence-corrected chi connectivity index (χ1v) is 5.73. The van der Waals surface area contributed by atoms with Gasteiger partial charge in [0.15, 0.2) is 11.6 Å². The lowest BCUT2D eigenvalue weighted by Gasteiger charge is -2.38. The summed E-state index contributed by atoms with van der Waals surface area (Å²) in [4.78, 5) is 11.8. The Labute approximate surface area is 105 Å². The molecular formula is C13H15FO4. The Bertz CT molecular complexity index is 454. The summed E-state index contributed by atoms with van der Waals surface area (Å²) in [5.41, 5.74) is -0.318. The Morgan fingerprint density at radius 2 is 2.22 bits per heavy atom. The lowest BCUT2D eigenvalue weighted by Crippen LogP contribution is -2.53. The van der Waals surface area contributed by atoms with E-state index < -0.39 is 17.2 Å². The second-order valence-electron chi connectivity index (χ2n) is 4.14. The molecule has 0 saturated carbocycles. The van der Waals surface area contributed by atoms with Crippen LogP contribution in [0.5, 0.6) is 5.75 Å². The number of hydrogen-bond donors (Lipinski definition) is 0. The Kier molecular flexibility index (Phi) is 3.52. The van der Waals surface area contributed by atoms with Crippen LogP contribution in [-0.2, 0) is 19.7 Å². The molecule has 0 aromatic heterocycles. The number of benzene rings is 1. The van der Waals surface area contributed by atoms with E-state index >= 15 is 0 Å². The molecule has 1 aromatic rings. The molecule has 5 heteroatoms. The topological polar surface area (TPSA) is 44.8 Å². The molecule has 0 atom stereocenters. The Balaban J connectivity index is 2.33. The minimum Gasteiger partial charge on any atom is -0.491 e. The van der Waals surface area contributed by atoms with Crippen molar-refractivity contribution < 1.29 is 23.4 Å². The van der Waals surface area contributed by atoms with Crippen LogP contribution in [0.1, 0.15) is 12.5 Å². The van der Waals surface area contributed by atoms with E-state index in [9.17, 15) is 9.18 Å². The van der Waals surface area contributed by atoms with E-state index in [0.717, 1.165) is 0 Å². The minimum atomic E-state index is -0.875. The summed E-state index contributed by atoms with van der Waals surface area (Å²) in [5, 5.41) is 0. The minimum absolute atomic E-state index is 0.182. The van der Waals surface area contributed by atoms with Gasteiger partial charge in [0.1, 0.15) is 5.41 Å². The van der Waals surface area contributed by atoms with Crippen molar-refractivity contribution in [1.82, 2.24) is 0 Å². The van der Waals surface area contributed by atoms with Gasteiger partial charge in [0.25, 0.3) is 0 Å². The molecule has 0 aliphatic carbocycles. The van der Waals surface area contributed by atoms with Crippen LogP contribution in [0.3, 0.4) is 0 Å². The van der Waals surface area contributed by atoms with Crippen molar-refractivity contribution in [2.75, 3.05) is 26.9 Å². The zero-order valence-electron chi connectivity index (χ0n) is 10.4. The highest BCUT2D eigenvalue weighted by atomic mass is 19.1. The first-order chi connectivity index (χ1) is 8.64. The molecule has 1 aliphatic rings. The van der Waals surface area contributed by atoms with Crippen LogP contribution in [0.2, 0.25) is 0 Å². The molecule has 4 nitrogen and oxygen atoms in total. The van der Waals surface area contributed by atoms with Crippen molar-refractivity contribution in [3.8, 4) is 5.75 Å². The van der Waals surface area contributed by atoms with Gasteiger partial charge in [0.05, 0.1) is 26.9 Å². The quantitative estimate of drug-likeness (QED) is 0.767. The third-order valence-corrected chi connectivity index (χ3v) is 3.06. The number of carbonyl (C=O) groups is 1. The van der Waals surface area contributed by atoms with Gasteiger partial charge in [0.2, 0.25) is 0 Å². The molecule has 1 saturated heterocycles. The lowest BCUT2D eigenvalue weighted by atomic mass is 9.78. The van der Waals surface area contributed by atoms with Gasteiger partial charge in [-0.25, -0.2) is 4.39 Å². The molecule has 1 fully saturated rings. The van der Waals surface area contributed by atoms with Gasteiger partial charge in [-0.05, 0) is 24.6 Å². The van der Waals surface area contributed by atoms with E-state index in [2.05, 4.69) is 0 Å². The average molecular weight is 254 g/mol. The van der Waals surface area contributed by atoms with Gasteiger partial charge in [-0.3, -0.25) is 4.79 Å². The fourth-order valence-electron chi connectivity index (χ4n) is 1.97.